The van der Waals surface area contributed by atoms with E-state index in [0.29, 0.717) is 30.7 Å². The number of nitrogens with zero attached hydrogens (tertiary/aromatic N) is 3. The van der Waals surface area contributed by atoms with E-state index in [-0.39, 0.29) is 42.4 Å². The van der Waals surface area contributed by atoms with Gasteiger partial charge >= 0.3 is 0 Å². The second-order valence-corrected chi connectivity index (χ2v) is 8.38. The van der Waals surface area contributed by atoms with Crippen LogP contribution in [0.15, 0.2) is 18.2 Å². The highest BCUT2D eigenvalue weighted by molar-refractivity contribution is 5.97. The van der Waals surface area contributed by atoms with Crippen LogP contribution >= 0.6 is 0 Å². The highest BCUT2D eigenvalue weighted by Crippen LogP contribution is 2.28. The van der Waals surface area contributed by atoms with Gasteiger partial charge in [0.15, 0.2) is 0 Å². The topological polar surface area (TPSA) is 92.1 Å². The Morgan fingerprint density at radius 2 is 1.90 bits per heavy atom. The minimum Gasteiger partial charge on any atom is -0.491 e. The average Bonchev–Trinajstić information content (AvgIpc) is 2.77. The molecular formula is C23H31N3O5. The van der Waals surface area contributed by atoms with Crippen LogP contribution in [0.4, 0.5) is 0 Å². The number of amides is 2. The summed E-state index contributed by atoms with van der Waals surface area (Å²) in [6.07, 6.45) is 1.93. The van der Waals surface area contributed by atoms with Crippen LogP contribution in [-0.2, 0) is 14.3 Å². The fourth-order valence-electron chi connectivity index (χ4n) is 4.34. The first-order chi connectivity index (χ1) is 14.8. The van der Waals surface area contributed by atoms with Crippen LogP contribution in [0.1, 0.15) is 42.1 Å². The van der Waals surface area contributed by atoms with E-state index in [2.05, 4.69) is 6.07 Å². The Morgan fingerprint density at radius 1 is 1.13 bits per heavy atom. The van der Waals surface area contributed by atoms with Crippen molar-refractivity contribution >= 4 is 11.8 Å². The van der Waals surface area contributed by atoms with Gasteiger partial charge in [0.25, 0.3) is 5.91 Å². The number of carbonyl (C=O) groups excluding carboxylic acids is 2. The van der Waals surface area contributed by atoms with Crippen molar-refractivity contribution in [2.45, 2.75) is 44.5 Å². The second kappa shape index (κ2) is 10.1. The Morgan fingerprint density at radius 3 is 2.61 bits per heavy atom. The molecule has 2 heterocycles. The van der Waals surface area contributed by atoms with Gasteiger partial charge in [-0.15, -0.1) is 0 Å². The molecule has 31 heavy (non-hydrogen) atoms. The third-order valence-corrected chi connectivity index (χ3v) is 6.06. The second-order valence-electron chi connectivity index (χ2n) is 8.38. The lowest BCUT2D eigenvalue weighted by Gasteiger charge is -2.38. The van der Waals surface area contributed by atoms with Gasteiger partial charge in [-0.1, -0.05) is 13.0 Å². The molecule has 1 saturated heterocycles. The summed E-state index contributed by atoms with van der Waals surface area (Å²) in [5.74, 6) is -0.445. The van der Waals surface area contributed by atoms with Gasteiger partial charge in [-0.25, -0.2) is 0 Å². The van der Waals surface area contributed by atoms with Gasteiger partial charge in [-0.2, -0.15) is 5.26 Å². The van der Waals surface area contributed by atoms with Crippen LogP contribution < -0.4 is 4.74 Å². The highest BCUT2D eigenvalue weighted by atomic mass is 16.5. The largest absolute Gasteiger partial charge is 0.491 e. The van der Waals surface area contributed by atoms with Crippen LogP contribution in [0, 0.1) is 17.2 Å². The van der Waals surface area contributed by atoms with E-state index < -0.39 is 5.92 Å². The number of ether oxygens (including phenoxy) is 3. The quantitative estimate of drug-likeness (QED) is 0.679. The standard InChI is InChI=1S/C23H31N3O5/c1-15-13-25(2)23(28)18-7-5-6-16(12-24)21(18)30-11-10-17-8-9-19(29-4)20(31-17)14-26(3)22(15)27/h5-7,15,17,19-20H,8-11,13-14H2,1-4H3/t15-,17+,19-,20+/m1/s1. The first-order valence-corrected chi connectivity index (χ1v) is 10.7. The number of nitriles is 1. The lowest BCUT2D eigenvalue weighted by Crippen LogP contribution is -2.49. The molecule has 2 bridgehead atoms. The highest BCUT2D eigenvalue weighted by Gasteiger charge is 2.34. The third kappa shape index (κ3) is 5.17. The van der Waals surface area contributed by atoms with E-state index in [4.69, 9.17) is 14.2 Å². The van der Waals surface area contributed by atoms with Crippen LogP contribution in [-0.4, -0.2) is 80.8 Å². The van der Waals surface area contributed by atoms with Crippen molar-refractivity contribution < 1.29 is 23.8 Å². The molecule has 3 rings (SSSR count). The molecule has 0 N–H and O–H groups in total. The summed E-state index contributed by atoms with van der Waals surface area (Å²) in [6, 6.07) is 7.07. The van der Waals surface area contributed by atoms with Crippen molar-refractivity contribution in [1.29, 1.82) is 5.26 Å². The fourth-order valence-corrected chi connectivity index (χ4v) is 4.34. The Bertz CT molecular complexity index is 852. The van der Waals surface area contributed by atoms with Gasteiger partial charge in [0.1, 0.15) is 17.9 Å². The summed E-state index contributed by atoms with van der Waals surface area (Å²) in [7, 11) is 5.08. The molecule has 2 amide bonds. The van der Waals surface area contributed by atoms with E-state index in [1.165, 1.54) is 4.90 Å². The van der Waals surface area contributed by atoms with Gasteiger partial charge in [0.05, 0.1) is 35.9 Å². The predicted molar refractivity (Wildman–Crippen MR) is 114 cm³/mol. The molecule has 2 aliphatic rings. The zero-order valence-corrected chi connectivity index (χ0v) is 18.7. The van der Waals surface area contributed by atoms with Crippen LogP contribution in [0.5, 0.6) is 5.75 Å². The first-order valence-electron chi connectivity index (χ1n) is 10.7. The molecule has 1 aromatic rings. The van der Waals surface area contributed by atoms with Gasteiger partial charge in [0, 0.05) is 40.7 Å². The molecular weight excluding hydrogens is 398 g/mol. The minimum atomic E-state index is -0.395. The van der Waals surface area contributed by atoms with E-state index in [1.54, 1.807) is 44.3 Å². The van der Waals surface area contributed by atoms with Crippen LogP contribution in [0.2, 0.25) is 0 Å². The smallest absolute Gasteiger partial charge is 0.257 e. The summed E-state index contributed by atoms with van der Waals surface area (Å²) in [5, 5.41) is 9.51. The number of fused-ring (bicyclic) bond motifs is 3. The number of para-hydroxylation sites is 1. The Balaban J connectivity index is 1.92. The number of benzene rings is 1. The summed E-state index contributed by atoms with van der Waals surface area (Å²) in [5.41, 5.74) is 0.639. The number of likely N-dealkylation sites (N-methyl/N-ethyl adjacent to an activating group) is 1. The van der Waals surface area contributed by atoms with E-state index in [1.807, 2.05) is 6.92 Å². The monoisotopic (exact) mass is 429 g/mol. The number of carbonyl (C=O) groups is 2. The van der Waals surface area contributed by atoms with Crippen molar-refractivity contribution in [3.8, 4) is 11.8 Å². The lowest BCUT2D eigenvalue weighted by atomic mass is 9.98. The van der Waals surface area contributed by atoms with Crippen molar-refractivity contribution in [3.05, 3.63) is 29.3 Å². The fraction of sp³-hybridized carbons (Fsp3) is 0.609. The van der Waals surface area contributed by atoms with Gasteiger partial charge in [-0.05, 0) is 25.0 Å². The van der Waals surface area contributed by atoms with Gasteiger partial charge < -0.3 is 24.0 Å². The zero-order valence-electron chi connectivity index (χ0n) is 18.7. The number of rotatable bonds is 1. The number of hydrogen-bond acceptors (Lipinski definition) is 6. The molecule has 0 saturated carbocycles. The summed E-state index contributed by atoms with van der Waals surface area (Å²) in [4.78, 5) is 29.2. The number of hydrogen-bond donors (Lipinski definition) is 0. The molecule has 168 valence electrons. The molecule has 2 aliphatic heterocycles. The molecule has 4 atom stereocenters. The van der Waals surface area contributed by atoms with E-state index in [9.17, 15) is 14.9 Å². The zero-order chi connectivity index (χ0) is 22.5. The van der Waals surface area contributed by atoms with E-state index >= 15 is 0 Å². The third-order valence-electron chi connectivity index (χ3n) is 6.06. The summed E-state index contributed by atoms with van der Waals surface area (Å²) < 4.78 is 17.8. The Kier molecular flexibility index (Phi) is 7.52. The Labute approximate surface area is 183 Å². The van der Waals surface area contributed by atoms with Crippen molar-refractivity contribution in [3.63, 3.8) is 0 Å². The molecule has 8 heteroatoms. The van der Waals surface area contributed by atoms with Gasteiger partial charge in [0.2, 0.25) is 5.91 Å². The van der Waals surface area contributed by atoms with Crippen molar-refractivity contribution in [2.24, 2.45) is 5.92 Å². The number of methoxy groups -OCH3 is 1. The maximum atomic E-state index is 13.1. The molecule has 0 aromatic heterocycles. The normalized spacial score (nSPS) is 28.1. The lowest BCUT2D eigenvalue weighted by molar-refractivity contribution is -0.152. The van der Waals surface area contributed by atoms with Crippen molar-refractivity contribution in [1.82, 2.24) is 9.80 Å². The molecule has 8 nitrogen and oxygen atoms in total. The average molecular weight is 430 g/mol. The molecule has 0 unspecified atom stereocenters. The summed E-state index contributed by atoms with van der Waals surface area (Å²) in [6.45, 7) is 2.81. The molecule has 0 aliphatic carbocycles. The molecule has 1 aromatic carbocycles. The van der Waals surface area contributed by atoms with Crippen LogP contribution in [0.3, 0.4) is 0 Å². The predicted octanol–water partition coefficient (Wildman–Crippen LogP) is 2.07. The maximum absolute atomic E-state index is 13.1. The van der Waals surface area contributed by atoms with Crippen LogP contribution in [0.25, 0.3) is 0 Å². The molecule has 0 radical (unpaired) electrons. The minimum absolute atomic E-state index is 0.0430. The van der Waals surface area contributed by atoms with E-state index in [0.717, 1.165) is 12.8 Å². The summed E-state index contributed by atoms with van der Waals surface area (Å²) >= 11 is 0. The molecule has 0 spiro atoms. The SMILES string of the molecule is CO[C@@H]1CC[C@H]2CCOc3c(C#N)cccc3C(=O)N(C)C[C@@H](C)C(=O)N(C)C[C@@H]1O2. The maximum Gasteiger partial charge on any atom is 0.257 e. The Hall–Kier alpha value is -2.63. The van der Waals surface area contributed by atoms with Gasteiger partial charge in [-0.3, -0.25) is 9.59 Å². The first kappa shape index (κ1) is 23.0. The molecule has 1 fully saturated rings. The van der Waals surface area contributed by atoms with Crippen molar-refractivity contribution in [2.75, 3.05) is 40.9 Å².